The summed E-state index contributed by atoms with van der Waals surface area (Å²) in [5.74, 6) is 0.141. The molecule has 3 aromatic heterocycles. The molecule has 1 aliphatic carbocycles. The second-order valence-corrected chi connectivity index (χ2v) is 30.3. The number of nitrogens with one attached hydrogen (secondary N) is 3. The molecule has 506 valence electrons. The van der Waals surface area contributed by atoms with Crippen molar-refractivity contribution in [3.63, 3.8) is 0 Å². The lowest BCUT2D eigenvalue weighted by atomic mass is 9.59. The molecular formula is C69H81F3N10O12S. The van der Waals surface area contributed by atoms with Crippen molar-refractivity contribution < 1.29 is 64.5 Å². The van der Waals surface area contributed by atoms with E-state index in [2.05, 4.69) is 40.8 Å². The zero-order valence-electron chi connectivity index (χ0n) is 54.3. The van der Waals surface area contributed by atoms with Gasteiger partial charge < -0.3 is 53.3 Å². The first kappa shape index (κ1) is 63.6. The van der Waals surface area contributed by atoms with E-state index in [0.29, 0.717) is 99.5 Å². The van der Waals surface area contributed by atoms with Gasteiger partial charge in [-0.25, -0.2) is 18.1 Å². The number of para-hydroxylation sites is 1. The smallest absolute Gasteiger partial charge is 0.437 e. The number of carbonyl (C=O) groups is 1. The van der Waals surface area contributed by atoms with Crippen LogP contribution in [0.4, 0.5) is 41.6 Å². The van der Waals surface area contributed by atoms with Gasteiger partial charge in [-0.05, 0) is 132 Å². The molecule has 15 rings (SSSR count). The molecule has 4 saturated heterocycles. The summed E-state index contributed by atoms with van der Waals surface area (Å²) in [6, 6.07) is 18.8. The number of rotatable bonds is 12. The first-order valence-electron chi connectivity index (χ1n) is 33.4. The molecule has 95 heavy (non-hydrogen) atoms. The number of nitrogens with zero attached hydrogens (tertiary/aromatic N) is 7. The number of carbonyl (C=O) groups excluding carboxylic acids is 1. The van der Waals surface area contributed by atoms with Gasteiger partial charge in [0.05, 0.1) is 76.9 Å². The van der Waals surface area contributed by atoms with Crippen LogP contribution in [-0.2, 0) is 41.4 Å². The second-order valence-electron chi connectivity index (χ2n) is 28.7. The third-order valence-corrected chi connectivity index (χ3v) is 22.9. The highest BCUT2D eigenvalue weighted by molar-refractivity contribution is 7.90. The fourth-order valence-electron chi connectivity index (χ4n) is 16.6. The number of amides is 1. The minimum Gasteiger partial charge on any atom is -0.491 e. The Bertz CT molecular complexity index is 4110. The number of alkyl halides is 3. The molecule has 0 radical (unpaired) electrons. The Morgan fingerprint density at radius 2 is 1.64 bits per heavy atom. The summed E-state index contributed by atoms with van der Waals surface area (Å²) >= 11 is 0. The fourth-order valence-corrected chi connectivity index (χ4v) is 17.6. The number of hydrogen-bond donors (Lipinski definition) is 3. The Morgan fingerprint density at radius 1 is 0.863 bits per heavy atom. The predicted octanol–water partition coefficient (Wildman–Crippen LogP) is 11.3. The van der Waals surface area contributed by atoms with Gasteiger partial charge in [0.15, 0.2) is 22.9 Å². The molecule has 8 aliphatic heterocycles. The van der Waals surface area contributed by atoms with E-state index in [1.54, 1.807) is 26.1 Å². The van der Waals surface area contributed by atoms with Crippen molar-refractivity contribution in [3.05, 3.63) is 117 Å². The Balaban J connectivity index is 0.713. The van der Waals surface area contributed by atoms with Crippen molar-refractivity contribution in [1.29, 1.82) is 0 Å². The average Bonchev–Trinajstić information content (AvgIpc) is 0.845. The Kier molecular flexibility index (Phi) is 16.0. The maximum absolute atomic E-state index is 15.1. The maximum Gasteiger partial charge on any atom is 0.437 e. The van der Waals surface area contributed by atoms with E-state index >= 15 is 4.79 Å². The quantitative estimate of drug-likeness (QED) is 0.0762. The van der Waals surface area contributed by atoms with E-state index in [0.717, 1.165) is 72.5 Å². The number of ether oxygens (including phenoxy) is 7. The summed E-state index contributed by atoms with van der Waals surface area (Å²) in [4.78, 5) is 48.5. The van der Waals surface area contributed by atoms with Crippen molar-refractivity contribution in [2.45, 2.75) is 157 Å². The van der Waals surface area contributed by atoms with Crippen LogP contribution in [0.5, 0.6) is 23.1 Å². The topological polar surface area (TPSA) is 238 Å². The van der Waals surface area contributed by atoms with Crippen LogP contribution in [0, 0.1) is 21.4 Å². The van der Waals surface area contributed by atoms with Gasteiger partial charge in [-0.3, -0.25) is 24.7 Å². The fraction of sp³-hybridized carbons (Fsp3) is 0.551. The zero-order valence-corrected chi connectivity index (χ0v) is 55.1. The average molecular weight is 1330 g/mol. The van der Waals surface area contributed by atoms with Crippen LogP contribution in [-0.4, -0.2) is 153 Å². The Labute approximate surface area is 549 Å². The molecule has 1 amide bonds. The standard InChI is InChI=1S/C69H81F3N10O12S/c1-39(2)93-54-10-8-7-9-45(54)52-35-79(53-37-92-67(5,6)61-57(53)58-60(62(75-61)69(70,71)72)90-28-19-66(58,3)4)23-24-80(52)43-33-68(34-43)17-21-78(22-18-68)42-11-12-46(49(30-42)81-48-16-27-89-38-56(48)94-65-51(81)29-41-13-20-73-63(41)76-65)64(83)77-95(86,87)44-31-50(82(84)85)59-55(32-44)91-36-47(74-59)40-14-25-88-26-15-40/h7-13,20,29-32,39-40,43,47-48,52-53,56,74H,14-19,21-28,33-38H2,1-6H3,(H,73,76)(H,77,83)/t47-,48-,52-,53+,56-/m0/s1. The van der Waals surface area contributed by atoms with Crippen molar-refractivity contribution in [2.75, 3.05) is 94.1 Å². The first-order valence-corrected chi connectivity index (χ1v) is 34.9. The predicted molar refractivity (Wildman–Crippen MR) is 347 cm³/mol. The molecule has 22 nitrogen and oxygen atoms in total. The number of anilines is 4. The van der Waals surface area contributed by atoms with Crippen molar-refractivity contribution >= 4 is 55.4 Å². The van der Waals surface area contributed by atoms with Crippen LogP contribution in [0.25, 0.3) is 11.0 Å². The maximum atomic E-state index is 15.1. The van der Waals surface area contributed by atoms with E-state index in [1.807, 2.05) is 75.1 Å². The number of fused-ring (bicyclic) bond motifs is 7. The summed E-state index contributed by atoms with van der Waals surface area (Å²) in [6.07, 6.45) is 2.71. The van der Waals surface area contributed by atoms with Gasteiger partial charge in [0.1, 0.15) is 35.4 Å². The molecule has 5 fully saturated rings. The van der Waals surface area contributed by atoms with Gasteiger partial charge in [-0.15, -0.1) is 0 Å². The monoisotopic (exact) mass is 1330 g/mol. The van der Waals surface area contributed by atoms with Gasteiger partial charge in [0.25, 0.3) is 21.6 Å². The van der Waals surface area contributed by atoms with E-state index in [1.165, 1.54) is 6.07 Å². The molecule has 26 heteroatoms. The highest BCUT2D eigenvalue weighted by Crippen LogP contribution is 2.57. The van der Waals surface area contributed by atoms with Crippen molar-refractivity contribution in [3.8, 4) is 23.1 Å². The molecule has 3 N–H and O–H groups in total. The summed E-state index contributed by atoms with van der Waals surface area (Å²) in [5.41, 5.74) is 2.13. The normalized spacial score (nSPS) is 25.7. The second kappa shape index (κ2) is 24.0. The van der Waals surface area contributed by atoms with Gasteiger partial charge in [0.2, 0.25) is 5.88 Å². The number of H-pyrrole nitrogens is 1. The molecule has 5 atom stereocenters. The minimum atomic E-state index is -4.77. The highest BCUT2D eigenvalue weighted by atomic mass is 32.2. The number of nitro groups is 1. The number of halogens is 3. The number of benzene rings is 3. The SMILES string of the molecule is CC(C)Oc1ccccc1[C@@H]1CN([C@@H]2COC(C)(C)c3nc(C(F)(F)F)c4c(c32)C(C)(C)CCO4)CCN1C1CC2(CCN(c3ccc(C(=O)NS(=O)(=O)c4cc5c(c([N+](=O)[O-])c4)N[C@H](C4CCOCC4)CO5)c(N4c5cc6cc[nH]c6nc5O[C@H]5COCC[C@@H]54)c3)CC2)C1. The highest BCUT2D eigenvalue weighted by Gasteiger charge is 2.54. The number of pyridine rings is 2. The molecule has 1 saturated carbocycles. The van der Waals surface area contributed by atoms with Crippen molar-refractivity contribution in [1.82, 2.24) is 29.5 Å². The van der Waals surface area contributed by atoms with Gasteiger partial charge in [-0.1, -0.05) is 32.0 Å². The summed E-state index contributed by atoms with van der Waals surface area (Å²) in [7, 11) is -4.77. The largest absolute Gasteiger partial charge is 0.491 e. The molecule has 11 heterocycles. The molecule has 0 bridgehead atoms. The van der Waals surface area contributed by atoms with Crippen LogP contribution in [0.15, 0.2) is 77.8 Å². The first-order chi connectivity index (χ1) is 45.4. The Morgan fingerprint density at radius 3 is 2.41 bits per heavy atom. The number of piperazine rings is 1. The summed E-state index contributed by atoms with van der Waals surface area (Å²) < 4.78 is 120. The zero-order chi connectivity index (χ0) is 66.1. The Hall–Kier alpha value is -7.49. The number of piperidine rings is 1. The van der Waals surface area contributed by atoms with Gasteiger partial charge in [0, 0.05) is 105 Å². The molecule has 6 aromatic rings. The van der Waals surface area contributed by atoms with Crippen LogP contribution >= 0.6 is 0 Å². The molecule has 9 aliphatic rings. The van der Waals surface area contributed by atoms with Gasteiger partial charge >= 0.3 is 6.18 Å². The minimum absolute atomic E-state index is 0.00316. The third kappa shape index (κ3) is 11.5. The van der Waals surface area contributed by atoms with Gasteiger partial charge in [-0.2, -0.15) is 18.2 Å². The van der Waals surface area contributed by atoms with E-state index in [-0.39, 0.29) is 90.8 Å². The molecule has 0 unspecified atom stereocenters. The number of aromatic nitrogens is 3. The lowest BCUT2D eigenvalue weighted by Crippen LogP contribution is -2.60. The number of aromatic amines is 1. The third-order valence-electron chi connectivity index (χ3n) is 21.6. The lowest BCUT2D eigenvalue weighted by molar-refractivity contribution is -0.384. The molecular weight excluding hydrogens is 1250 g/mol. The summed E-state index contributed by atoms with van der Waals surface area (Å²) in [5, 5.41) is 16.8. The van der Waals surface area contributed by atoms with E-state index in [9.17, 15) is 31.7 Å². The number of sulfonamides is 1. The summed E-state index contributed by atoms with van der Waals surface area (Å²) in [6.45, 7) is 17.4. The number of hydrogen-bond acceptors (Lipinski definition) is 19. The van der Waals surface area contributed by atoms with Crippen molar-refractivity contribution in [2.24, 2.45) is 11.3 Å². The van der Waals surface area contributed by atoms with Crippen LogP contribution in [0.1, 0.15) is 143 Å². The molecule has 1 spiro atoms. The van der Waals surface area contributed by atoms with Crippen LogP contribution in [0.2, 0.25) is 0 Å². The van der Waals surface area contributed by atoms with E-state index < -0.39 is 66.5 Å². The van der Waals surface area contributed by atoms with Crippen LogP contribution < -0.4 is 38.8 Å². The van der Waals surface area contributed by atoms with E-state index in [4.69, 9.17) is 38.1 Å². The van der Waals surface area contributed by atoms with Crippen LogP contribution in [0.3, 0.4) is 0 Å². The molecule has 3 aromatic carbocycles. The number of nitro benzene ring substituents is 1. The lowest BCUT2D eigenvalue weighted by Gasteiger charge is -2.59.